The van der Waals surface area contributed by atoms with Gasteiger partial charge in [-0.25, -0.2) is 9.97 Å². The zero-order valence-corrected chi connectivity index (χ0v) is 18.0. The van der Waals surface area contributed by atoms with Crippen molar-refractivity contribution in [2.75, 3.05) is 25.2 Å². The second kappa shape index (κ2) is 8.23. The standard InChI is InChI=1S/C23H23ClN4O3/c1-14-6-8-28(9-7-14)23(29)22-26-18-4-3-16(24)11-17(18)21(27-22)25-12-15-2-5-19-20(10-15)31-13-30-19/h2-5,10-11,14H,6-9,12-13H2,1H3,(H,25,26,27). The van der Waals surface area contributed by atoms with Gasteiger partial charge in [0.05, 0.1) is 5.52 Å². The van der Waals surface area contributed by atoms with Gasteiger partial charge < -0.3 is 19.7 Å². The van der Waals surface area contributed by atoms with Crippen LogP contribution in [0.1, 0.15) is 35.9 Å². The van der Waals surface area contributed by atoms with E-state index in [2.05, 4.69) is 22.2 Å². The maximum absolute atomic E-state index is 13.1. The maximum Gasteiger partial charge on any atom is 0.291 e. The molecule has 0 saturated carbocycles. The summed E-state index contributed by atoms with van der Waals surface area (Å²) in [6.45, 7) is 4.44. The summed E-state index contributed by atoms with van der Waals surface area (Å²) >= 11 is 6.22. The van der Waals surface area contributed by atoms with Gasteiger partial charge >= 0.3 is 0 Å². The molecule has 1 amide bonds. The Labute approximate surface area is 185 Å². The molecule has 5 rings (SSSR count). The molecular formula is C23H23ClN4O3. The fraction of sp³-hybridized carbons (Fsp3) is 0.348. The van der Waals surface area contributed by atoms with Gasteiger partial charge in [-0.1, -0.05) is 24.6 Å². The Morgan fingerprint density at radius 3 is 2.77 bits per heavy atom. The van der Waals surface area contributed by atoms with Crippen LogP contribution in [-0.2, 0) is 6.54 Å². The molecule has 1 saturated heterocycles. The molecule has 0 bridgehead atoms. The molecule has 0 atom stereocenters. The van der Waals surface area contributed by atoms with Crippen molar-refractivity contribution in [1.29, 1.82) is 0 Å². The zero-order chi connectivity index (χ0) is 21.4. The Balaban J connectivity index is 1.44. The molecule has 2 aromatic carbocycles. The number of aromatic nitrogens is 2. The SMILES string of the molecule is CC1CCN(C(=O)c2nc(NCc3ccc4c(c3)OCO4)c3cc(Cl)ccc3n2)CC1. The molecule has 0 radical (unpaired) electrons. The monoisotopic (exact) mass is 438 g/mol. The van der Waals surface area contributed by atoms with E-state index in [1.54, 1.807) is 6.07 Å². The average molecular weight is 439 g/mol. The van der Waals surface area contributed by atoms with Crippen LogP contribution in [0, 0.1) is 5.92 Å². The number of amides is 1. The summed E-state index contributed by atoms with van der Waals surface area (Å²) < 4.78 is 10.8. The summed E-state index contributed by atoms with van der Waals surface area (Å²) in [5.41, 5.74) is 1.69. The summed E-state index contributed by atoms with van der Waals surface area (Å²) in [4.78, 5) is 24.1. The number of hydrogen-bond donors (Lipinski definition) is 1. The molecule has 3 aromatic rings. The van der Waals surface area contributed by atoms with Gasteiger partial charge in [-0.05, 0) is 54.7 Å². The van der Waals surface area contributed by atoms with Crippen LogP contribution in [-0.4, -0.2) is 40.7 Å². The third kappa shape index (κ3) is 4.10. The van der Waals surface area contributed by atoms with Crippen molar-refractivity contribution < 1.29 is 14.3 Å². The maximum atomic E-state index is 13.1. The van der Waals surface area contributed by atoms with Crippen LogP contribution in [0.3, 0.4) is 0 Å². The molecule has 1 N–H and O–H groups in total. The van der Waals surface area contributed by atoms with Crippen LogP contribution >= 0.6 is 11.6 Å². The van der Waals surface area contributed by atoms with Gasteiger partial charge in [-0.3, -0.25) is 4.79 Å². The summed E-state index contributed by atoms with van der Waals surface area (Å²) in [7, 11) is 0. The first-order valence-electron chi connectivity index (χ1n) is 10.5. The number of rotatable bonds is 4. The largest absolute Gasteiger partial charge is 0.454 e. The Hall–Kier alpha value is -3.06. The molecule has 2 aliphatic rings. The summed E-state index contributed by atoms with van der Waals surface area (Å²) in [6, 6.07) is 11.2. The summed E-state index contributed by atoms with van der Waals surface area (Å²) in [5, 5.41) is 4.71. The number of carbonyl (C=O) groups excluding carboxylic acids is 1. The molecule has 8 heteroatoms. The number of halogens is 1. The van der Waals surface area contributed by atoms with Gasteiger partial charge in [-0.2, -0.15) is 0 Å². The van der Waals surface area contributed by atoms with E-state index in [4.69, 9.17) is 21.1 Å². The van der Waals surface area contributed by atoms with Crippen LogP contribution in [0.4, 0.5) is 5.82 Å². The Bertz CT molecular complexity index is 1150. The number of benzene rings is 2. The highest BCUT2D eigenvalue weighted by Gasteiger charge is 2.24. The summed E-state index contributed by atoms with van der Waals surface area (Å²) in [6.07, 6.45) is 2.01. The molecule has 0 spiro atoms. The van der Waals surface area contributed by atoms with E-state index in [1.165, 1.54) is 0 Å². The first kappa shape index (κ1) is 19.9. The normalized spacial score (nSPS) is 16.0. The predicted octanol–water partition coefficient (Wildman–Crippen LogP) is 4.50. The van der Waals surface area contributed by atoms with Gasteiger partial charge in [0.15, 0.2) is 11.5 Å². The third-order valence-corrected chi connectivity index (χ3v) is 6.05. The summed E-state index contributed by atoms with van der Waals surface area (Å²) in [5.74, 6) is 2.77. The van der Waals surface area contributed by atoms with Gasteiger partial charge in [0.2, 0.25) is 12.6 Å². The number of likely N-dealkylation sites (tertiary alicyclic amines) is 1. The Morgan fingerprint density at radius 2 is 1.94 bits per heavy atom. The van der Waals surface area contributed by atoms with Gasteiger partial charge in [0.1, 0.15) is 5.82 Å². The number of nitrogens with one attached hydrogen (secondary N) is 1. The number of carbonyl (C=O) groups is 1. The molecule has 1 aromatic heterocycles. The minimum Gasteiger partial charge on any atom is -0.454 e. The van der Waals surface area contributed by atoms with Crippen molar-refractivity contribution in [2.24, 2.45) is 5.92 Å². The van der Waals surface area contributed by atoms with Gasteiger partial charge in [0.25, 0.3) is 5.91 Å². The van der Waals surface area contributed by atoms with E-state index in [1.807, 2.05) is 35.2 Å². The predicted molar refractivity (Wildman–Crippen MR) is 119 cm³/mol. The molecule has 2 aliphatic heterocycles. The lowest BCUT2D eigenvalue weighted by Crippen LogP contribution is -2.38. The molecule has 0 aliphatic carbocycles. The van der Waals surface area contributed by atoms with Gasteiger partial charge in [-0.15, -0.1) is 0 Å². The van der Waals surface area contributed by atoms with E-state index in [0.29, 0.717) is 28.8 Å². The van der Waals surface area contributed by atoms with E-state index in [0.717, 1.165) is 48.4 Å². The van der Waals surface area contributed by atoms with E-state index in [9.17, 15) is 4.79 Å². The lowest BCUT2D eigenvalue weighted by molar-refractivity contribution is 0.0685. The second-order valence-corrected chi connectivity index (χ2v) is 8.51. The number of nitrogens with zero attached hydrogens (tertiary/aromatic N) is 3. The first-order valence-corrected chi connectivity index (χ1v) is 10.8. The molecule has 7 nitrogen and oxygen atoms in total. The van der Waals surface area contributed by atoms with Crippen LogP contribution in [0.2, 0.25) is 5.02 Å². The van der Waals surface area contributed by atoms with Gasteiger partial charge in [0, 0.05) is 30.0 Å². The number of hydrogen-bond acceptors (Lipinski definition) is 6. The van der Waals surface area contributed by atoms with Crippen molar-refractivity contribution in [3.63, 3.8) is 0 Å². The lowest BCUT2D eigenvalue weighted by atomic mass is 9.99. The molecular weight excluding hydrogens is 416 g/mol. The molecule has 160 valence electrons. The average Bonchev–Trinajstić information content (AvgIpc) is 3.25. The van der Waals surface area contributed by atoms with Crippen molar-refractivity contribution in [2.45, 2.75) is 26.3 Å². The van der Waals surface area contributed by atoms with Crippen LogP contribution < -0.4 is 14.8 Å². The molecule has 31 heavy (non-hydrogen) atoms. The van der Waals surface area contributed by atoms with Crippen molar-refractivity contribution in [1.82, 2.24) is 14.9 Å². The van der Waals surface area contributed by atoms with E-state index < -0.39 is 0 Å². The van der Waals surface area contributed by atoms with Crippen LogP contribution in [0.15, 0.2) is 36.4 Å². The highest BCUT2D eigenvalue weighted by atomic mass is 35.5. The molecule has 0 unspecified atom stereocenters. The first-order chi connectivity index (χ1) is 15.1. The van der Waals surface area contributed by atoms with Crippen molar-refractivity contribution >= 4 is 34.2 Å². The van der Waals surface area contributed by atoms with Crippen LogP contribution in [0.25, 0.3) is 10.9 Å². The topological polar surface area (TPSA) is 76.6 Å². The highest BCUT2D eigenvalue weighted by molar-refractivity contribution is 6.31. The Morgan fingerprint density at radius 1 is 1.13 bits per heavy atom. The minimum atomic E-state index is -0.130. The number of fused-ring (bicyclic) bond motifs is 2. The van der Waals surface area contributed by atoms with E-state index in [-0.39, 0.29) is 18.5 Å². The second-order valence-electron chi connectivity index (χ2n) is 8.07. The number of piperidine rings is 1. The fourth-order valence-corrected chi connectivity index (χ4v) is 4.09. The van der Waals surface area contributed by atoms with Crippen LogP contribution in [0.5, 0.6) is 11.5 Å². The Kier molecular flexibility index (Phi) is 5.28. The fourth-order valence-electron chi connectivity index (χ4n) is 3.92. The highest BCUT2D eigenvalue weighted by Crippen LogP contribution is 2.33. The number of ether oxygens (including phenoxy) is 2. The molecule has 3 heterocycles. The minimum absolute atomic E-state index is 0.130. The van der Waals surface area contributed by atoms with Crippen molar-refractivity contribution in [3.05, 3.63) is 52.8 Å². The van der Waals surface area contributed by atoms with E-state index >= 15 is 0 Å². The zero-order valence-electron chi connectivity index (χ0n) is 17.2. The van der Waals surface area contributed by atoms with Crippen molar-refractivity contribution in [3.8, 4) is 11.5 Å². The quantitative estimate of drug-likeness (QED) is 0.646. The lowest BCUT2D eigenvalue weighted by Gasteiger charge is -2.29. The number of anilines is 1. The smallest absolute Gasteiger partial charge is 0.291 e. The molecule has 1 fully saturated rings. The third-order valence-electron chi connectivity index (χ3n) is 5.82.